The Balaban J connectivity index is 1.91. The van der Waals surface area contributed by atoms with Crippen molar-refractivity contribution in [3.8, 4) is 0 Å². The zero-order chi connectivity index (χ0) is 16.2. The molecule has 22 heavy (non-hydrogen) atoms. The van der Waals surface area contributed by atoms with E-state index in [-0.39, 0.29) is 17.9 Å². The fourth-order valence-electron chi connectivity index (χ4n) is 3.46. The number of carbonyl (C=O) groups is 1. The highest BCUT2D eigenvalue weighted by molar-refractivity contribution is 7.87. The minimum Gasteiger partial charge on any atom is -0.469 e. The number of nitrogens with one attached hydrogen (secondary N) is 1. The first-order chi connectivity index (χ1) is 10.5. The fraction of sp³-hybridized carbons (Fsp3) is 0.929. The summed E-state index contributed by atoms with van der Waals surface area (Å²) in [5, 5.41) is 0. The Labute approximate surface area is 132 Å². The van der Waals surface area contributed by atoms with Crippen molar-refractivity contribution in [1.82, 2.24) is 9.03 Å². The molecule has 0 aromatic heterocycles. The van der Waals surface area contributed by atoms with Gasteiger partial charge in [0.1, 0.15) is 0 Å². The van der Waals surface area contributed by atoms with E-state index in [1.165, 1.54) is 11.4 Å². The number of hydrogen-bond donors (Lipinski definition) is 2. The van der Waals surface area contributed by atoms with Crippen LogP contribution in [0.5, 0.6) is 0 Å². The average molecular weight is 333 g/mol. The first-order valence-electron chi connectivity index (χ1n) is 8.03. The summed E-state index contributed by atoms with van der Waals surface area (Å²) in [6, 6.07) is -0.189. The number of carbonyl (C=O) groups excluding carboxylic acids is 1. The predicted molar refractivity (Wildman–Crippen MR) is 83.2 cm³/mol. The smallest absolute Gasteiger partial charge is 0.308 e. The SMILES string of the molecule is COC(=O)C1CCN(S(=O)(=O)NC(CN)C2CCCC2)CC1. The third-order valence-corrected chi connectivity index (χ3v) is 6.50. The molecule has 8 heteroatoms. The molecule has 0 bridgehead atoms. The second-order valence-corrected chi connectivity index (χ2v) is 7.91. The van der Waals surface area contributed by atoms with Gasteiger partial charge in [-0.1, -0.05) is 12.8 Å². The van der Waals surface area contributed by atoms with E-state index in [0.29, 0.717) is 38.4 Å². The quantitative estimate of drug-likeness (QED) is 0.677. The van der Waals surface area contributed by atoms with E-state index in [9.17, 15) is 13.2 Å². The van der Waals surface area contributed by atoms with E-state index in [1.807, 2.05) is 0 Å². The van der Waals surface area contributed by atoms with E-state index >= 15 is 0 Å². The molecule has 1 unspecified atom stereocenters. The molecule has 0 spiro atoms. The molecule has 1 saturated heterocycles. The highest BCUT2D eigenvalue weighted by atomic mass is 32.2. The maximum Gasteiger partial charge on any atom is 0.308 e. The van der Waals surface area contributed by atoms with Gasteiger partial charge in [0.05, 0.1) is 13.0 Å². The van der Waals surface area contributed by atoms with Crippen molar-refractivity contribution in [2.75, 3.05) is 26.7 Å². The maximum atomic E-state index is 12.5. The van der Waals surface area contributed by atoms with E-state index in [2.05, 4.69) is 4.72 Å². The van der Waals surface area contributed by atoms with Gasteiger partial charge in [0.2, 0.25) is 0 Å². The van der Waals surface area contributed by atoms with Crippen molar-refractivity contribution in [2.24, 2.45) is 17.6 Å². The van der Waals surface area contributed by atoms with E-state index < -0.39 is 10.2 Å². The molecule has 0 aromatic rings. The molecule has 1 aliphatic heterocycles. The zero-order valence-corrected chi connectivity index (χ0v) is 14.0. The van der Waals surface area contributed by atoms with E-state index in [4.69, 9.17) is 10.5 Å². The minimum atomic E-state index is -3.54. The lowest BCUT2D eigenvalue weighted by molar-refractivity contribution is -0.146. The van der Waals surface area contributed by atoms with Gasteiger partial charge in [0, 0.05) is 25.7 Å². The average Bonchev–Trinajstić information content (AvgIpc) is 3.06. The Kier molecular flexibility index (Phi) is 6.19. The van der Waals surface area contributed by atoms with Crippen molar-refractivity contribution in [1.29, 1.82) is 0 Å². The summed E-state index contributed by atoms with van der Waals surface area (Å²) in [6.45, 7) is 1.01. The van der Waals surface area contributed by atoms with Gasteiger partial charge >= 0.3 is 5.97 Å². The zero-order valence-electron chi connectivity index (χ0n) is 13.2. The number of methoxy groups -OCH3 is 1. The molecule has 128 valence electrons. The number of hydrogen-bond acceptors (Lipinski definition) is 5. The largest absolute Gasteiger partial charge is 0.469 e. The molecule has 1 saturated carbocycles. The van der Waals surface area contributed by atoms with E-state index in [1.54, 1.807) is 0 Å². The molecule has 0 amide bonds. The molecule has 2 rings (SSSR count). The Morgan fingerprint density at radius 1 is 1.27 bits per heavy atom. The van der Waals surface area contributed by atoms with Crippen LogP contribution in [0.2, 0.25) is 0 Å². The van der Waals surface area contributed by atoms with Gasteiger partial charge < -0.3 is 10.5 Å². The third kappa shape index (κ3) is 4.18. The van der Waals surface area contributed by atoms with Crippen molar-refractivity contribution in [3.63, 3.8) is 0 Å². The predicted octanol–water partition coefficient (Wildman–Crippen LogP) is 0.223. The van der Waals surface area contributed by atoms with Gasteiger partial charge in [-0.25, -0.2) is 0 Å². The van der Waals surface area contributed by atoms with Crippen LogP contribution in [0.4, 0.5) is 0 Å². The molecule has 3 N–H and O–H groups in total. The molecule has 1 heterocycles. The standard InChI is InChI=1S/C14H27N3O4S/c1-21-14(18)12-6-8-17(9-7-12)22(19,20)16-13(10-15)11-4-2-3-5-11/h11-13,16H,2-10,15H2,1H3. The van der Waals surface area contributed by atoms with E-state index in [0.717, 1.165) is 25.7 Å². The Hall–Kier alpha value is -0.700. The highest BCUT2D eigenvalue weighted by Gasteiger charge is 2.34. The van der Waals surface area contributed by atoms with Crippen LogP contribution in [0, 0.1) is 11.8 Å². The van der Waals surface area contributed by atoms with Gasteiger partial charge in [0.15, 0.2) is 0 Å². The minimum absolute atomic E-state index is 0.189. The van der Waals surface area contributed by atoms with Crippen LogP contribution in [-0.4, -0.2) is 51.5 Å². The Morgan fingerprint density at radius 2 is 1.86 bits per heavy atom. The fourth-order valence-corrected chi connectivity index (χ4v) is 4.97. The number of nitrogens with zero attached hydrogens (tertiary/aromatic N) is 1. The number of nitrogens with two attached hydrogens (primary N) is 1. The number of rotatable bonds is 6. The third-order valence-electron chi connectivity index (χ3n) is 4.85. The summed E-state index contributed by atoms with van der Waals surface area (Å²) in [4.78, 5) is 11.5. The van der Waals surface area contributed by atoms with Crippen LogP contribution >= 0.6 is 0 Å². The van der Waals surface area contributed by atoms with Gasteiger partial charge in [-0.05, 0) is 31.6 Å². The van der Waals surface area contributed by atoms with Gasteiger partial charge in [-0.15, -0.1) is 0 Å². The molecule has 2 fully saturated rings. The van der Waals surface area contributed by atoms with Gasteiger partial charge in [0.25, 0.3) is 10.2 Å². The molecular weight excluding hydrogens is 306 g/mol. The number of esters is 1. The van der Waals surface area contributed by atoms with Crippen LogP contribution in [-0.2, 0) is 19.7 Å². The first-order valence-corrected chi connectivity index (χ1v) is 9.47. The van der Waals surface area contributed by atoms with Crippen LogP contribution in [0.15, 0.2) is 0 Å². The van der Waals surface area contributed by atoms with Crippen molar-refractivity contribution >= 4 is 16.2 Å². The molecule has 1 atom stereocenters. The second-order valence-electron chi connectivity index (χ2n) is 6.21. The maximum absolute atomic E-state index is 12.5. The van der Waals surface area contributed by atoms with Gasteiger partial charge in [-0.3, -0.25) is 4.79 Å². The number of piperidine rings is 1. The summed E-state index contributed by atoms with van der Waals surface area (Å²) in [7, 11) is -2.18. The van der Waals surface area contributed by atoms with Crippen LogP contribution in [0.25, 0.3) is 0 Å². The lowest BCUT2D eigenvalue weighted by atomic mass is 9.99. The normalized spacial score (nSPS) is 23.5. The molecule has 0 aromatic carbocycles. The monoisotopic (exact) mass is 333 g/mol. The van der Waals surface area contributed by atoms with Crippen LogP contribution in [0.1, 0.15) is 38.5 Å². The van der Waals surface area contributed by atoms with Crippen molar-refractivity contribution in [2.45, 2.75) is 44.6 Å². The highest BCUT2D eigenvalue weighted by Crippen LogP contribution is 2.28. The summed E-state index contributed by atoms with van der Waals surface area (Å²) < 4.78 is 33.9. The molecule has 7 nitrogen and oxygen atoms in total. The molecule has 2 aliphatic rings. The molecule has 0 radical (unpaired) electrons. The van der Waals surface area contributed by atoms with Crippen molar-refractivity contribution in [3.05, 3.63) is 0 Å². The Morgan fingerprint density at radius 3 is 2.36 bits per heavy atom. The molecule has 1 aliphatic carbocycles. The summed E-state index contributed by atoms with van der Waals surface area (Å²) in [6.07, 6.45) is 5.37. The Bertz CT molecular complexity index is 468. The number of ether oxygens (including phenoxy) is 1. The van der Waals surface area contributed by atoms with Crippen LogP contribution < -0.4 is 10.5 Å². The summed E-state index contributed by atoms with van der Waals surface area (Å²) in [5.41, 5.74) is 5.76. The van der Waals surface area contributed by atoms with Gasteiger partial charge in [-0.2, -0.15) is 17.4 Å². The van der Waals surface area contributed by atoms with Crippen molar-refractivity contribution < 1.29 is 17.9 Å². The molecular formula is C14H27N3O4S. The lowest BCUT2D eigenvalue weighted by Crippen LogP contribution is -2.52. The second kappa shape index (κ2) is 7.72. The summed E-state index contributed by atoms with van der Waals surface area (Å²) in [5.74, 6) is -0.111. The topological polar surface area (TPSA) is 102 Å². The lowest BCUT2D eigenvalue weighted by Gasteiger charge is -2.32. The summed E-state index contributed by atoms with van der Waals surface area (Å²) >= 11 is 0. The first kappa shape index (κ1) is 17.7. The van der Waals surface area contributed by atoms with Crippen LogP contribution in [0.3, 0.4) is 0 Å².